The molecule has 0 saturated carbocycles. The average Bonchev–Trinajstić information content (AvgIpc) is 2.48. The van der Waals surface area contributed by atoms with Gasteiger partial charge in [-0.3, -0.25) is 4.79 Å². The molecule has 0 aromatic heterocycles. The zero-order chi connectivity index (χ0) is 15.2. The molecule has 1 aromatic rings. The molecule has 1 unspecified atom stereocenters. The van der Waals surface area contributed by atoms with E-state index in [0.717, 1.165) is 18.4 Å². The third-order valence-corrected chi connectivity index (χ3v) is 3.75. The summed E-state index contributed by atoms with van der Waals surface area (Å²) in [6.45, 7) is 1.96. The van der Waals surface area contributed by atoms with E-state index < -0.39 is 5.97 Å². The lowest BCUT2D eigenvalue weighted by Gasteiger charge is -2.18. The molecule has 1 aliphatic rings. The largest absolute Gasteiger partial charge is 0.478 e. The van der Waals surface area contributed by atoms with Crippen molar-refractivity contribution in [1.29, 1.82) is 0 Å². The minimum Gasteiger partial charge on any atom is -0.478 e. The number of benzene rings is 1. The fourth-order valence-corrected chi connectivity index (χ4v) is 2.54. The molecule has 0 aliphatic heterocycles. The maximum absolute atomic E-state index is 12.0. The van der Waals surface area contributed by atoms with Gasteiger partial charge < -0.3 is 9.84 Å². The monoisotopic (exact) mass is 288 g/mol. The van der Waals surface area contributed by atoms with Crippen LogP contribution in [0.2, 0.25) is 0 Å². The van der Waals surface area contributed by atoms with Crippen LogP contribution in [0.15, 0.2) is 41.7 Å². The Balaban J connectivity index is 1.99. The Morgan fingerprint density at radius 3 is 2.52 bits per heavy atom. The van der Waals surface area contributed by atoms with E-state index in [1.54, 1.807) is 0 Å². The van der Waals surface area contributed by atoms with Crippen LogP contribution in [0.25, 0.3) is 0 Å². The summed E-state index contributed by atoms with van der Waals surface area (Å²) in [6, 6.07) is 9.74. The molecule has 4 heteroatoms. The van der Waals surface area contributed by atoms with Crippen molar-refractivity contribution < 1.29 is 19.4 Å². The Morgan fingerprint density at radius 1 is 1.19 bits per heavy atom. The van der Waals surface area contributed by atoms with Crippen molar-refractivity contribution in [2.45, 2.75) is 44.9 Å². The molecule has 0 fully saturated rings. The minimum absolute atomic E-state index is 0.0520. The minimum atomic E-state index is -0.978. The van der Waals surface area contributed by atoms with Crippen LogP contribution in [0.4, 0.5) is 0 Å². The molecule has 0 heterocycles. The van der Waals surface area contributed by atoms with Gasteiger partial charge in [-0.1, -0.05) is 37.3 Å². The van der Waals surface area contributed by atoms with E-state index in [9.17, 15) is 9.59 Å². The zero-order valence-electron chi connectivity index (χ0n) is 12.2. The maximum atomic E-state index is 12.0. The summed E-state index contributed by atoms with van der Waals surface area (Å²) in [6.07, 6.45) is 2.97. The highest BCUT2D eigenvalue weighted by molar-refractivity contribution is 5.88. The molecule has 1 aliphatic carbocycles. The molecule has 4 nitrogen and oxygen atoms in total. The van der Waals surface area contributed by atoms with E-state index in [1.807, 2.05) is 37.3 Å². The van der Waals surface area contributed by atoms with Crippen LogP contribution in [-0.4, -0.2) is 17.0 Å². The van der Waals surface area contributed by atoms with Gasteiger partial charge >= 0.3 is 11.9 Å². The summed E-state index contributed by atoms with van der Waals surface area (Å²) in [4.78, 5) is 23.2. The Morgan fingerprint density at radius 2 is 1.86 bits per heavy atom. The summed E-state index contributed by atoms with van der Waals surface area (Å²) in [5.74, 6) is -0.939. The average molecular weight is 288 g/mol. The van der Waals surface area contributed by atoms with E-state index in [0.29, 0.717) is 18.6 Å². The van der Waals surface area contributed by atoms with Crippen LogP contribution >= 0.6 is 0 Å². The van der Waals surface area contributed by atoms with Gasteiger partial charge in [0.05, 0.1) is 12.0 Å². The number of esters is 1. The molecule has 21 heavy (non-hydrogen) atoms. The predicted molar refractivity (Wildman–Crippen MR) is 78.7 cm³/mol. The molecule has 112 valence electrons. The van der Waals surface area contributed by atoms with Crippen molar-refractivity contribution in [2.75, 3.05) is 0 Å². The molecular weight excluding hydrogens is 268 g/mol. The summed E-state index contributed by atoms with van der Waals surface area (Å²) < 4.78 is 5.32. The smallest absolute Gasteiger partial charge is 0.334 e. The quantitative estimate of drug-likeness (QED) is 0.840. The molecule has 2 rings (SSSR count). The number of allylic oxidation sites excluding steroid dienone is 1. The van der Waals surface area contributed by atoms with E-state index in [1.165, 1.54) is 0 Å². The first-order valence-electron chi connectivity index (χ1n) is 7.29. The molecule has 1 N–H and O–H groups in total. The van der Waals surface area contributed by atoms with Gasteiger partial charge in [-0.15, -0.1) is 0 Å². The zero-order valence-corrected chi connectivity index (χ0v) is 12.2. The Labute approximate surface area is 124 Å². The lowest BCUT2D eigenvalue weighted by Crippen LogP contribution is -2.15. The lowest BCUT2D eigenvalue weighted by atomic mass is 9.97. The van der Waals surface area contributed by atoms with Gasteiger partial charge in [0.15, 0.2) is 0 Å². The second-order valence-corrected chi connectivity index (χ2v) is 5.40. The lowest BCUT2D eigenvalue weighted by molar-refractivity contribution is -0.140. The first-order valence-corrected chi connectivity index (χ1v) is 7.29. The SMILES string of the molecule is CC(CC(=O)OC1=C(C(=O)O)CCCC1)c1ccccc1. The fourth-order valence-electron chi connectivity index (χ4n) is 2.54. The summed E-state index contributed by atoms with van der Waals surface area (Å²) in [5, 5.41) is 9.13. The number of hydrogen-bond acceptors (Lipinski definition) is 3. The highest BCUT2D eigenvalue weighted by Crippen LogP contribution is 2.27. The first-order chi connectivity index (χ1) is 10.1. The number of carbonyl (C=O) groups excluding carboxylic acids is 1. The highest BCUT2D eigenvalue weighted by Gasteiger charge is 2.22. The molecule has 1 aromatic carbocycles. The Bertz CT molecular complexity index is 545. The standard InChI is InChI=1S/C17H20O4/c1-12(13-7-3-2-4-8-13)11-16(18)21-15-10-6-5-9-14(15)17(19)20/h2-4,7-8,12H,5-6,9-11H2,1H3,(H,19,20). The summed E-state index contributed by atoms with van der Waals surface area (Å²) in [7, 11) is 0. The van der Waals surface area contributed by atoms with Crippen molar-refractivity contribution in [3.63, 3.8) is 0 Å². The maximum Gasteiger partial charge on any atom is 0.334 e. The Hall–Kier alpha value is -2.10. The van der Waals surface area contributed by atoms with E-state index in [4.69, 9.17) is 9.84 Å². The van der Waals surface area contributed by atoms with Crippen LogP contribution in [0.3, 0.4) is 0 Å². The van der Waals surface area contributed by atoms with Gasteiger partial charge in [-0.05, 0) is 30.7 Å². The highest BCUT2D eigenvalue weighted by atomic mass is 16.5. The fraction of sp³-hybridized carbons (Fsp3) is 0.412. The van der Waals surface area contributed by atoms with E-state index in [-0.39, 0.29) is 23.9 Å². The summed E-state index contributed by atoms with van der Waals surface area (Å²) in [5.41, 5.74) is 1.33. The third kappa shape index (κ3) is 4.18. The second-order valence-electron chi connectivity index (χ2n) is 5.40. The van der Waals surface area contributed by atoms with E-state index in [2.05, 4.69) is 0 Å². The number of hydrogen-bond donors (Lipinski definition) is 1. The van der Waals surface area contributed by atoms with E-state index >= 15 is 0 Å². The van der Waals surface area contributed by atoms with Crippen molar-refractivity contribution in [2.24, 2.45) is 0 Å². The van der Waals surface area contributed by atoms with Gasteiger partial charge in [0.1, 0.15) is 5.76 Å². The Kier molecular flexibility index (Phi) is 5.14. The number of carboxylic acid groups (broad SMARTS) is 1. The molecule has 0 saturated heterocycles. The molecule has 0 spiro atoms. The predicted octanol–water partition coefficient (Wildman–Crippen LogP) is 3.64. The van der Waals surface area contributed by atoms with Gasteiger partial charge in [-0.25, -0.2) is 4.79 Å². The second kappa shape index (κ2) is 7.07. The van der Waals surface area contributed by atoms with Gasteiger partial charge in [0.25, 0.3) is 0 Å². The van der Waals surface area contributed by atoms with Gasteiger partial charge in [0, 0.05) is 6.42 Å². The number of ether oxygens (including phenoxy) is 1. The number of rotatable bonds is 5. The van der Waals surface area contributed by atoms with Gasteiger partial charge in [0.2, 0.25) is 0 Å². The molecule has 0 bridgehead atoms. The molecule has 1 atom stereocenters. The first kappa shape index (κ1) is 15.3. The number of carbonyl (C=O) groups is 2. The van der Waals surface area contributed by atoms with Crippen LogP contribution in [0.5, 0.6) is 0 Å². The van der Waals surface area contributed by atoms with Crippen molar-refractivity contribution in [3.05, 3.63) is 47.2 Å². The van der Waals surface area contributed by atoms with Crippen LogP contribution < -0.4 is 0 Å². The van der Waals surface area contributed by atoms with Crippen molar-refractivity contribution in [1.82, 2.24) is 0 Å². The summed E-state index contributed by atoms with van der Waals surface area (Å²) >= 11 is 0. The topological polar surface area (TPSA) is 63.6 Å². The van der Waals surface area contributed by atoms with Crippen molar-refractivity contribution >= 4 is 11.9 Å². The molecule has 0 amide bonds. The third-order valence-electron chi connectivity index (χ3n) is 3.75. The van der Waals surface area contributed by atoms with Crippen LogP contribution in [0.1, 0.15) is 50.5 Å². The van der Waals surface area contributed by atoms with Crippen LogP contribution in [-0.2, 0) is 14.3 Å². The van der Waals surface area contributed by atoms with Crippen LogP contribution in [0, 0.1) is 0 Å². The van der Waals surface area contributed by atoms with Crippen molar-refractivity contribution in [3.8, 4) is 0 Å². The molecular formula is C17H20O4. The number of aliphatic carboxylic acids is 1. The van der Waals surface area contributed by atoms with Gasteiger partial charge in [-0.2, -0.15) is 0 Å². The molecule has 0 radical (unpaired) electrons. The normalized spacial score (nSPS) is 16.4. The number of carboxylic acids is 1.